The lowest BCUT2D eigenvalue weighted by Crippen LogP contribution is -2.05. The van der Waals surface area contributed by atoms with Crippen molar-refractivity contribution in [2.24, 2.45) is 0 Å². The topological polar surface area (TPSA) is 61.1 Å². The largest absolute Gasteiger partial charge is 0.481 e. The van der Waals surface area contributed by atoms with Crippen molar-refractivity contribution in [1.29, 1.82) is 5.26 Å². The second-order valence-corrected chi connectivity index (χ2v) is 3.31. The van der Waals surface area contributed by atoms with Crippen LogP contribution in [0.1, 0.15) is 23.6 Å². The molecule has 0 heterocycles. The van der Waals surface area contributed by atoms with Crippen LogP contribution in [0.4, 0.5) is 0 Å². The fourth-order valence-corrected chi connectivity index (χ4v) is 1.65. The van der Waals surface area contributed by atoms with E-state index in [1.807, 2.05) is 19.1 Å². The van der Waals surface area contributed by atoms with E-state index < -0.39 is 5.97 Å². The number of carbonyl (C=O) groups is 1. The minimum atomic E-state index is -0.859. The van der Waals surface area contributed by atoms with Gasteiger partial charge in [-0.3, -0.25) is 4.79 Å². The minimum absolute atomic E-state index is 0.00907. The molecule has 15 heavy (non-hydrogen) atoms. The molecule has 0 aliphatic rings. The SMILES string of the molecule is CCc1cccc(CC(=O)O)c1CC#N. The lowest BCUT2D eigenvalue weighted by atomic mass is 9.95. The molecule has 1 aromatic carbocycles. The zero-order valence-corrected chi connectivity index (χ0v) is 8.66. The van der Waals surface area contributed by atoms with Crippen molar-refractivity contribution < 1.29 is 9.90 Å². The van der Waals surface area contributed by atoms with E-state index in [1.165, 1.54) is 0 Å². The molecule has 1 N–H and O–H groups in total. The first-order valence-corrected chi connectivity index (χ1v) is 4.87. The van der Waals surface area contributed by atoms with E-state index in [9.17, 15) is 4.79 Å². The van der Waals surface area contributed by atoms with Gasteiger partial charge in [0.05, 0.1) is 18.9 Å². The van der Waals surface area contributed by atoms with Crippen LogP contribution in [0, 0.1) is 11.3 Å². The van der Waals surface area contributed by atoms with Gasteiger partial charge in [-0.15, -0.1) is 0 Å². The standard InChI is InChI=1S/C12H13NO2/c1-2-9-4-3-5-10(8-12(14)15)11(9)6-7-13/h3-5H,2,6,8H2,1H3,(H,14,15). The summed E-state index contributed by atoms with van der Waals surface area (Å²) in [4.78, 5) is 10.6. The van der Waals surface area contributed by atoms with Gasteiger partial charge in [0.2, 0.25) is 0 Å². The molecular formula is C12H13NO2. The van der Waals surface area contributed by atoms with Crippen LogP contribution in [0.3, 0.4) is 0 Å². The van der Waals surface area contributed by atoms with Gasteiger partial charge in [0, 0.05) is 0 Å². The molecule has 0 saturated carbocycles. The van der Waals surface area contributed by atoms with E-state index in [0.717, 1.165) is 23.1 Å². The smallest absolute Gasteiger partial charge is 0.307 e. The Kier molecular flexibility index (Phi) is 3.87. The maximum Gasteiger partial charge on any atom is 0.307 e. The highest BCUT2D eigenvalue weighted by molar-refractivity contribution is 5.71. The van der Waals surface area contributed by atoms with Gasteiger partial charge in [-0.25, -0.2) is 0 Å². The van der Waals surface area contributed by atoms with E-state index >= 15 is 0 Å². The van der Waals surface area contributed by atoms with Crippen molar-refractivity contribution in [1.82, 2.24) is 0 Å². The molecule has 0 bridgehead atoms. The Balaban J connectivity index is 3.13. The molecule has 3 nitrogen and oxygen atoms in total. The highest BCUT2D eigenvalue weighted by atomic mass is 16.4. The van der Waals surface area contributed by atoms with Crippen LogP contribution in [-0.2, 0) is 24.1 Å². The van der Waals surface area contributed by atoms with Gasteiger partial charge >= 0.3 is 5.97 Å². The molecule has 3 heteroatoms. The Morgan fingerprint density at radius 3 is 2.67 bits per heavy atom. The molecule has 78 valence electrons. The number of nitrogens with zero attached hydrogens (tertiary/aromatic N) is 1. The van der Waals surface area contributed by atoms with Gasteiger partial charge in [-0.2, -0.15) is 5.26 Å². The lowest BCUT2D eigenvalue weighted by Gasteiger charge is -2.09. The second kappa shape index (κ2) is 5.16. The predicted octanol–water partition coefficient (Wildman–Crippen LogP) is 1.94. The van der Waals surface area contributed by atoms with E-state index in [-0.39, 0.29) is 12.8 Å². The molecule has 0 aliphatic carbocycles. The number of hydrogen-bond acceptors (Lipinski definition) is 2. The normalized spacial score (nSPS) is 9.60. The Morgan fingerprint density at radius 1 is 1.47 bits per heavy atom. The molecule has 0 saturated heterocycles. The monoisotopic (exact) mass is 203 g/mol. The van der Waals surface area contributed by atoms with Crippen LogP contribution in [0.15, 0.2) is 18.2 Å². The molecule has 0 spiro atoms. The van der Waals surface area contributed by atoms with Crippen LogP contribution in [0.25, 0.3) is 0 Å². The third-order valence-corrected chi connectivity index (χ3v) is 2.35. The molecule has 0 aliphatic heterocycles. The summed E-state index contributed by atoms with van der Waals surface area (Å²) in [5.41, 5.74) is 2.70. The van der Waals surface area contributed by atoms with E-state index in [2.05, 4.69) is 6.07 Å². The molecule has 1 rings (SSSR count). The molecule has 0 fully saturated rings. The fraction of sp³-hybridized carbons (Fsp3) is 0.333. The average Bonchev–Trinajstić information content (AvgIpc) is 2.20. The van der Waals surface area contributed by atoms with Crippen LogP contribution >= 0.6 is 0 Å². The Morgan fingerprint density at radius 2 is 2.13 bits per heavy atom. The number of aryl methyl sites for hydroxylation is 1. The van der Waals surface area contributed by atoms with Crippen LogP contribution in [0.2, 0.25) is 0 Å². The van der Waals surface area contributed by atoms with E-state index in [1.54, 1.807) is 6.07 Å². The first-order chi connectivity index (χ1) is 7.19. The molecule has 0 unspecified atom stereocenters. The second-order valence-electron chi connectivity index (χ2n) is 3.31. The maximum absolute atomic E-state index is 10.6. The molecule has 0 amide bonds. The van der Waals surface area contributed by atoms with Crippen LogP contribution in [-0.4, -0.2) is 11.1 Å². The average molecular weight is 203 g/mol. The summed E-state index contributed by atoms with van der Waals surface area (Å²) in [6.07, 6.45) is 1.10. The molecule has 0 aromatic heterocycles. The third kappa shape index (κ3) is 2.81. The van der Waals surface area contributed by atoms with Crippen molar-refractivity contribution in [3.05, 3.63) is 34.9 Å². The Hall–Kier alpha value is -1.82. The summed E-state index contributed by atoms with van der Waals surface area (Å²) in [6, 6.07) is 7.64. The predicted molar refractivity (Wildman–Crippen MR) is 56.5 cm³/mol. The number of carboxylic acids is 1. The molecule has 1 aromatic rings. The molecule has 0 atom stereocenters. The third-order valence-electron chi connectivity index (χ3n) is 2.35. The van der Waals surface area contributed by atoms with Crippen LogP contribution in [0.5, 0.6) is 0 Å². The highest BCUT2D eigenvalue weighted by Crippen LogP contribution is 2.17. The van der Waals surface area contributed by atoms with Gasteiger partial charge in [-0.1, -0.05) is 25.1 Å². The summed E-state index contributed by atoms with van der Waals surface area (Å²) in [6.45, 7) is 2.00. The van der Waals surface area contributed by atoms with Gasteiger partial charge in [0.25, 0.3) is 0 Å². The lowest BCUT2D eigenvalue weighted by molar-refractivity contribution is -0.136. The number of hydrogen-bond donors (Lipinski definition) is 1. The first kappa shape index (κ1) is 11.3. The zero-order valence-electron chi connectivity index (χ0n) is 8.66. The zero-order chi connectivity index (χ0) is 11.3. The summed E-state index contributed by atoms with van der Waals surface area (Å²) in [5, 5.41) is 17.4. The van der Waals surface area contributed by atoms with Crippen molar-refractivity contribution in [3.63, 3.8) is 0 Å². The first-order valence-electron chi connectivity index (χ1n) is 4.87. The number of aliphatic carboxylic acids is 1. The van der Waals surface area contributed by atoms with Crippen molar-refractivity contribution >= 4 is 5.97 Å². The van der Waals surface area contributed by atoms with Crippen molar-refractivity contribution in [3.8, 4) is 6.07 Å². The van der Waals surface area contributed by atoms with Gasteiger partial charge in [-0.05, 0) is 23.1 Å². The Labute approximate surface area is 89.0 Å². The summed E-state index contributed by atoms with van der Waals surface area (Å²) < 4.78 is 0. The fourth-order valence-electron chi connectivity index (χ4n) is 1.65. The van der Waals surface area contributed by atoms with E-state index in [0.29, 0.717) is 0 Å². The van der Waals surface area contributed by atoms with Crippen molar-refractivity contribution in [2.75, 3.05) is 0 Å². The number of carboxylic acid groups (broad SMARTS) is 1. The number of benzene rings is 1. The quantitative estimate of drug-likeness (QED) is 0.813. The van der Waals surface area contributed by atoms with E-state index in [4.69, 9.17) is 10.4 Å². The van der Waals surface area contributed by atoms with Crippen molar-refractivity contribution in [2.45, 2.75) is 26.2 Å². The van der Waals surface area contributed by atoms with Crippen LogP contribution < -0.4 is 0 Å². The molecule has 0 radical (unpaired) electrons. The minimum Gasteiger partial charge on any atom is -0.481 e. The highest BCUT2D eigenvalue weighted by Gasteiger charge is 2.09. The van der Waals surface area contributed by atoms with Gasteiger partial charge in [0.1, 0.15) is 0 Å². The van der Waals surface area contributed by atoms with Gasteiger partial charge < -0.3 is 5.11 Å². The molecular weight excluding hydrogens is 190 g/mol. The maximum atomic E-state index is 10.6. The summed E-state index contributed by atoms with van der Waals surface area (Å²) >= 11 is 0. The number of nitriles is 1. The summed E-state index contributed by atoms with van der Waals surface area (Å²) in [5.74, 6) is -0.859. The Bertz CT molecular complexity index is 405. The van der Waals surface area contributed by atoms with Gasteiger partial charge in [0.15, 0.2) is 0 Å². The summed E-state index contributed by atoms with van der Waals surface area (Å²) in [7, 11) is 0. The number of rotatable bonds is 4.